The van der Waals surface area contributed by atoms with Crippen molar-refractivity contribution in [3.05, 3.63) is 18.4 Å². The maximum absolute atomic E-state index is 5.57. The zero-order valence-corrected chi connectivity index (χ0v) is 9.01. The van der Waals surface area contributed by atoms with Crippen molar-refractivity contribution in [2.45, 2.75) is 0 Å². The monoisotopic (exact) mass is 220 g/mol. The highest BCUT2D eigenvalue weighted by molar-refractivity contribution is 5.49. The van der Waals surface area contributed by atoms with Crippen molar-refractivity contribution in [1.82, 2.24) is 15.0 Å². The van der Waals surface area contributed by atoms with Gasteiger partial charge < -0.3 is 15.1 Å². The molecule has 84 valence electrons. The molecule has 0 aliphatic rings. The summed E-state index contributed by atoms with van der Waals surface area (Å²) in [6, 6.07) is 3.52. The minimum absolute atomic E-state index is 0.160. The molecule has 0 amide bonds. The van der Waals surface area contributed by atoms with Crippen molar-refractivity contribution in [3.8, 4) is 0 Å². The Bertz CT molecular complexity index is 467. The summed E-state index contributed by atoms with van der Waals surface area (Å²) in [4.78, 5) is 13.8. The Labute approximate surface area is 92.3 Å². The molecule has 0 aliphatic carbocycles. The predicted octanol–water partition coefficient (Wildman–Crippen LogP) is 0.856. The van der Waals surface area contributed by atoms with Crippen LogP contribution in [-0.2, 0) is 0 Å². The van der Waals surface area contributed by atoms with Crippen LogP contribution in [-0.4, -0.2) is 29.0 Å². The van der Waals surface area contributed by atoms with E-state index in [0.29, 0.717) is 17.8 Å². The molecular weight excluding hydrogens is 208 g/mol. The maximum Gasteiger partial charge on any atom is 0.236 e. The Morgan fingerprint density at radius 3 is 2.75 bits per heavy atom. The maximum atomic E-state index is 5.57. The number of furan rings is 1. The summed E-state index contributed by atoms with van der Waals surface area (Å²) >= 11 is 0. The van der Waals surface area contributed by atoms with Gasteiger partial charge in [0.2, 0.25) is 17.8 Å². The third kappa shape index (κ3) is 2.19. The highest BCUT2D eigenvalue weighted by atomic mass is 16.3. The molecule has 0 bridgehead atoms. The lowest BCUT2D eigenvalue weighted by molar-refractivity contribution is 0.584. The summed E-state index contributed by atoms with van der Waals surface area (Å²) in [5.41, 5.74) is 5.57. The molecule has 0 fully saturated rings. The molecule has 0 atom stereocenters. The van der Waals surface area contributed by atoms with Gasteiger partial charge in [-0.05, 0) is 6.07 Å². The van der Waals surface area contributed by atoms with Gasteiger partial charge in [0, 0.05) is 20.2 Å². The molecule has 7 nitrogen and oxygen atoms in total. The van der Waals surface area contributed by atoms with Gasteiger partial charge in [-0.1, -0.05) is 0 Å². The number of aromatic nitrogens is 3. The largest absolute Gasteiger partial charge is 0.449 e. The molecule has 2 aromatic heterocycles. The lowest BCUT2D eigenvalue weighted by atomic mass is 10.6. The first-order chi connectivity index (χ1) is 7.65. The molecule has 2 rings (SSSR count). The number of nitrogens with two attached hydrogens (primary N) is 1. The molecule has 0 aromatic carbocycles. The molecule has 2 heterocycles. The molecule has 0 unspecified atom stereocenters. The van der Waals surface area contributed by atoms with E-state index in [1.807, 2.05) is 14.1 Å². The van der Waals surface area contributed by atoms with E-state index in [9.17, 15) is 0 Å². The lowest BCUT2D eigenvalue weighted by Gasteiger charge is -2.11. The number of hydrogen-bond acceptors (Lipinski definition) is 7. The van der Waals surface area contributed by atoms with E-state index in [4.69, 9.17) is 10.2 Å². The average molecular weight is 220 g/mol. The molecule has 0 radical (unpaired) electrons. The number of nitrogens with one attached hydrogen (secondary N) is 1. The van der Waals surface area contributed by atoms with Crippen LogP contribution in [0.5, 0.6) is 0 Å². The van der Waals surface area contributed by atoms with E-state index in [1.165, 1.54) is 0 Å². The van der Waals surface area contributed by atoms with Crippen molar-refractivity contribution in [2.24, 2.45) is 0 Å². The standard InChI is InChI=1S/C9H12N6O/c1-15(2)9-13-7(10)12-8(14-9)11-6-4-3-5-16-6/h3-5H,1-2H3,(H3,10,11,12,13,14). The Morgan fingerprint density at radius 2 is 2.12 bits per heavy atom. The number of rotatable bonds is 3. The van der Waals surface area contributed by atoms with Crippen LogP contribution in [0.1, 0.15) is 0 Å². The van der Waals surface area contributed by atoms with Crippen molar-refractivity contribution in [3.63, 3.8) is 0 Å². The van der Waals surface area contributed by atoms with Gasteiger partial charge in [0.05, 0.1) is 6.26 Å². The van der Waals surface area contributed by atoms with Crippen molar-refractivity contribution in [2.75, 3.05) is 30.0 Å². The van der Waals surface area contributed by atoms with Crippen LogP contribution in [0, 0.1) is 0 Å². The van der Waals surface area contributed by atoms with Gasteiger partial charge in [-0.3, -0.25) is 5.32 Å². The van der Waals surface area contributed by atoms with E-state index in [-0.39, 0.29) is 5.95 Å². The van der Waals surface area contributed by atoms with Crippen LogP contribution in [0.25, 0.3) is 0 Å². The lowest BCUT2D eigenvalue weighted by Crippen LogP contribution is -2.15. The summed E-state index contributed by atoms with van der Waals surface area (Å²) in [7, 11) is 3.65. The second-order valence-corrected chi connectivity index (χ2v) is 3.31. The third-order valence-electron chi connectivity index (χ3n) is 1.80. The molecule has 2 aromatic rings. The Hall–Kier alpha value is -2.31. The zero-order chi connectivity index (χ0) is 11.5. The van der Waals surface area contributed by atoms with Crippen LogP contribution in [0.3, 0.4) is 0 Å². The average Bonchev–Trinajstić information content (AvgIpc) is 2.69. The number of hydrogen-bond donors (Lipinski definition) is 2. The van der Waals surface area contributed by atoms with Crippen LogP contribution in [0.4, 0.5) is 23.7 Å². The summed E-state index contributed by atoms with van der Waals surface area (Å²) in [6.07, 6.45) is 1.56. The summed E-state index contributed by atoms with van der Waals surface area (Å²) in [5.74, 6) is 1.55. The highest BCUT2D eigenvalue weighted by Gasteiger charge is 2.06. The summed E-state index contributed by atoms with van der Waals surface area (Å²) < 4.78 is 5.11. The fourth-order valence-electron chi connectivity index (χ4n) is 1.10. The quantitative estimate of drug-likeness (QED) is 0.792. The van der Waals surface area contributed by atoms with Crippen LogP contribution >= 0.6 is 0 Å². The van der Waals surface area contributed by atoms with Crippen molar-refractivity contribution < 1.29 is 4.42 Å². The minimum Gasteiger partial charge on any atom is -0.449 e. The van der Waals surface area contributed by atoms with Crippen LogP contribution in [0.15, 0.2) is 22.8 Å². The molecule has 0 aliphatic heterocycles. The van der Waals surface area contributed by atoms with E-state index in [1.54, 1.807) is 23.3 Å². The summed E-state index contributed by atoms with van der Waals surface area (Å²) in [5, 5.41) is 2.88. The van der Waals surface area contributed by atoms with E-state index < -0.39 is 0 Å². The number of anilines is 4. The molecule has 0 saturated heterocycles. The van der Waals surface area contributed by atoms with Gasteiger partial charge in [0.15, 0.2) is 5.88 Å². The third-order valence-corrected chi connectivity index (χ3v) is 1.80. The SMILES string of the molecule is CN(C)c1nc(N)nc(Nc2ccco2)n1. The molecule has 3 N–H and O–H groups in total. The number of nitrogens with zero attached hydrogens (tertiary/aromatic N) is 4. The Kier molecular flexibility index (Phi) is 2.59. The van der Waals surface area contributed by atoms with Crippen LogP contribution < -0.4 is 16.0 Å². The first-order valence-electron chi connectivity index (χ1n) is 4.64. The van der Waals surface area contributed by atoms with Gasteiger partial charge in [0.1, 0.15) is 0 Å². The minimum atomic E-state index is 0.160. The topological polar surface area (TPSA) is 93.1 Å². The van der Waals surface area contributed by atoms with Crippen molar-refractivity contribution in [1.29, 1.82) is 0 Å². The Balaban J connectivity index is 2.27. The second-order valence-electron chi connectivity index (χ2n) is 3.31. The van der Waals surface area contributed by atoms with Gasteiger partial charge >= 0.3 is 0 Å². The first kappa shape index (κ1) is 10.2. The second kappa shape index (κ2) is 4.05. The van der Waals surface area contributed by atoms with E-state index in [0.717, 1.165) is 0 Å². The van der Waals surface area contributed by atoms with Gasteiger partial charge in [0.25, 0.3) is 0 Å². The first-order valence-corrected chi connectivity index (χ1v) is 4.64. The summed E-state index contributed by atoms with van der Waals surface area (Å²) in [6.45, 7) is 0. The van der Waals surface area contributed by atoms with E-state index in [2.05, 4.69) is 20.3 Å². The van der Waals surface area contributed by atoms with Crippen LogP contribution in [0.2, 0.25) is 0 Å². The smallest absolute Gasteiger partial charge is 0.236 e. The molecule has 7 heteroatoms. The zero-order valence-electron chi connectivity index (χ0n) is 9.01. The highest BCUT2D eigenvalue weighted by Crippen LogP contribution is 2.15. The normalized spacial score (nSPS) is 10.1. The Morgan fingerprint density at radius 1 is 1.31 bits per heavy atom. The van der Waals surface area contributed by atoms with Crippen molar-refractivity contribution >= 4 is 23.7 Å². The molecule has 16 heavy (non-hydrogen) atoms. The predicted molar refractivity (Wildman–Crippen MR) is 60.6 cm³/mol. The van der Waals surface area contributed by atoms with E-state index >= 15 is 0 Å². The fraction of sp³-hybridized carbons (Fsp3) is 0.222. The number of nitrogen functional groups attached to an aromatic ring is 1. The van der Waals surface area contributed by atoms with Gasteiger partial charge in [-0.25, -0.2) is 0 Å². The van der Waals surface area contributed by atoms with Gasteiger partial charge in [-0.15, -0.1) is 0 Å². The fourth-order valence-corrected chi connectivity index (χ4v) is 1.10. The van der Waals surface area contributed by atoms with Gasteiger partial charge in [-0.2, -0.15) is 15.0 Å². The molecular formula is C9H12N6O. The molecule has 0 spiro atoms. The molecule has 0 saturated carbocycles.